The van der Waals surface area contributed by atoms with Gasteiger partial charge in [0.25, 0.3) is 0 Å². The van der Waals surface area contributed by atoms with Crippen molar-refractivity contribution >= 4 is 15.5 Å². The summed E-state index contributed by atoms with van der Waals surface area (Å²) in [6, 6.07) is 15.3. The summed E-state index contributed by atoms with van der Waals surface area (Å²) < 4.78 is 26.9. The van der Waals surface area contributed by atoms with Gasteiger partial charge in [0.05, 0.1) is 16.3 Å². The Labute approximate surface area is 168 Å². The molecular weight excluding hydrogens is 370 g/mol. The van der Waals surface area contributed by atoms with Gasteiger partial charge in [-0.3, -0.25) is 10.7 Å². The lowest BCUT2D eigenvalue weighted by Crippen LogP contribution is -2.37. The topological polar surface area (TPSA) is 66.4 Å². The van der Waals surface area contributed by atoms with Crippen molar-refractivity contribution in [1.82, 2.24) is 0 Å². The fourth-order valence-electron chi connectivity index (χ4n) is 4.91. The Hall–Kier alpha value is -1.85. The molecule has 0 spiro atoms. The minimum absolute atomic E-state index is 0.0430. The smallest absolute Gasteiger partial charge is 0.179 e. The lowest BCUT2D eigenvalue weighted by molar-refractivity contribution is 0.160. The van der Waals surface area contributed by atoms with E-state index in [4.69, 9.17) is 0 Å². The van der Waals surface area contributed by atoms with Crippen LogP contribution in [0, 0.1) is 11.3 Å². The Morgan fingerprint density at radius 3 is 2.46 bits per heavy atom. The quantitative estimate of drug-likeness (QED) is 0.616. The predicted molar refractivity (Wildman–Crippen MR) is 114 cm³/mol. The van der Waals surface area contributed by atoms with Crippen molar-refractivity contribution in [3.8, 4) is 0 Å². The zero-order valence-electron chi connectivity index (χ0n) is 17.0. The van der Waals surface area contributed by atoms with Crippen LogP contribution in [0.2, 0.25) is 0 Å². The van der Waals surface area contributed by atoms with Crippen LogP contribution in [-0.4, -0.2) is 19.4 Å². The molecule has 1 heterocycles. The number of sulfone groups is 1. The van der Waals surface area contributed by atoms with Gasteiger partial charge < -0.3 is 0 Å². The van der Waals surface area contributed by atoms with Crippen LogP contribution in [0.25, 0.3) is 0 Å². The van der Waals surface area contributed by atoms with Crippen LogP contribution in [0.1, 0.15) is 63.5 Å². The predicted octanol–water partition coefficient (Wildman–Crippen LogP) is 5.63. The Bertz CT molecular complexity index is 911. The minimum atomic E-state index is -3.44. The van der Waals surface area contributed by atoms with E-state index in [1.54, 1.807) is 18.2 Å². The number of hydrogen-bond donors (Lipinski definition) is 2. The standard InChI is InChI=1S/C23H31NO3S/c1-4-6-14-23(5-2)16-28(26,27)21-13-12-19(24-25)15-20(21)22(17(23)3)18-10-8-7-9-11-18/h7-13,15,17,22,24-25H,4-6,14,16H2,1-3H3/t17-,22-,23+/m1/s1. The first-order chi connectivity index (χ1) is 13.4. The van der Waals surface area contributed by atoms with E-state index in [0.717, 1.165) is 36.8 Å². The van der Waals surface area contributed by atoms with Gasteiger partial charge in [0.1, 0.15) is 0 Å². The molecular formula is C23H31NO3S. The van der Waals surface area contributed by atoms with Crippen molar-refractivity contribution in [2.45, 2.75) is 57.3 Å². The second kappa shape index (κ2) is 8.26. The van der Waals surface area contributed by atoms with Crippen molar-refractivity contribution < 1.29 is 13.6 Å². The van der Waals surface area contributed by atoms with Gasteiger partial charge in [0, 0.05) is 5.92 Å². The summed E-state index contributed by atoms with van der Waals surface area (Å²) in [5, 5.41) is 9.43. The molecule has 2 N–H and O–H groups in total. The van der Waals surface area contributed by atoms with Gasteiger partial charge in [-0.1, -0.05) is 63.9 Å². The molecule has 152 valence electrons. The summed E-state index contributed by atoms with van der Waals surface area (Å²) in [7, 11) is -3.44. The normalized spacial score (nSPS) is 26.3. The number of unbranched alkanes of at least 4 members (excludes halogenated alkanes) is 1. The summed E-state index contributed by atoms with van der Waals surface area (Å²) in [4.78, 5) is 0.402. The molecule has 0 aromatic heterocycles. The van der Waals surface area contributed by atoms with E-state index in [1.165, 1.54) is 0 Å². The van der Waals surface area contributed by atoms with Gasteiger partial charge in [-0.25, -0.2) is 8.42 Å². The van der Waals surface area contributed by atoms with Crippen LogP contribution in [0.3, 0.4) is 0 Å². The molecule has 3 rings (SSSR count). The molecule has 0 unspecified atom stereocenters. The molecule has 0 amide bonds. The van der Waals surface area contributed by atoms with E-state index in [0.29, 0.717) is 10.6 Å². The van der Waals surface area contributed by atoms with Gasteiger partial charge in [-0.05, 0) is 53.5 Å². The molecule has 1 aliphatic rings. The second-order valence-corrected chi connectivity index (χ2v) is 10.1. The number of rotatable bonds is 6. The number of nitrogens with one attached hydrogen (secondary N) is 1. The molecule has 1 aliphatic heterocycles. The zero-order chi connectivity index (χ0) is 20.4. The summed E-state index contributed by atoms with van der Waals surface area (Å²) >= 11 is 0. The third-order valence-corrected chi connectivity index (χ3v) is 8.64. The van der Waals surface area contributed by atoms with E-state index >= 15 is 0 Å². The highest BCUT2D eigenvalue weighted by Crippen LogP contribution is 2.52. The van der Waals surface area contributed by atoms with Gasteiger partial charge in [-0.15, -0.1) is 0 Å². The number of anilines is 1. The zero-order valence-corrected chi connectivity index (χ0v) is 17.8. The molecule has 2 aromatic carbocycles. The number of hydrogen-bond acceptors (Lipinski definition) is 4. The third-order valence-electron chi connectivity index (χ3n) is 6.64. The average Bonchev–Trinajstić information content (AvgIpc) is 2.78. The molecule has 3 atom stereocenters. The van der Waals surface area contributed by atoms with Crippen LogP contribution in [0.15, 0.2) is 53.4 Å². The van der Waals surface area contributed by atoms with Gasteiger partial charge in [0.2, 0.25) is 0 Å². The molecule has 2 aromatic rings. The summed E-state index contributed by atoms with van der Waals surface area (Å²) in [5.41, 5.74) is 4.33. The van der Waals surface area contributed by atoms with E-state index in [2.05, 4.69) is 38.4 Å². The lowest BCUT2D eigenvalue weighted by Gasteiger charge is -2.41. The van der Waals surface area contributed by atoms with E-state index in [9.17, 15) is 13.6 Å². The lowest BCUT2D eigenvalue weighted by atomic mass is 9.64. The van der Waals surface area contributed by atoms with E-state index in [1.807, 2.05) is 18.2 Å². The molecule has 0 aliphatic carbocycles. The van der Waals surface area contributed by atoms with Crippen molar-refractivity contribution in [1.29, 1.82) is 0 Å². The number of fused-ring (bicyclic) bond motifs is 1. The number of benzene rings is 2. The first kappa shape index (κ1) is 20.9. The SMILES string of the molecule is CCCC[C@@]1(CC)CS(=O)(=O)c2ccc(NO)cc2[C@@H](c2ccccc2)[C@H]1C. The van der Waals surface area contributed by atoms with Gasteiger partial charge in [-0.2, -0.15) is 0 Å². The Balaban J connectivity index is 2.29. The minimum Gasteiger partial charge on any atom is -0.291 e. The fraction of sp³-hybridized carbons (Fsp3) is 0.478. The maximum absolute atomic E-state index is 13.5. The van der Waals surface area contributed by atoms with Crippen molar-refractivity contribution in [3.63, 3.8) is 0 Å². The molecule has 0 fully saturated rings. The van der Waals surface area contributed by atoms with Crippen LogP contribution in [0.5, 0.6) is 0 Å². The van der Waals surface area contributed by atoms with E-state index in [-0.39, 0.29) is 23.0 Å². The second-order valence-electron chi connectivity index (χ2n) is 8.12. The van der Waals surface area contributed by atoms with Crippen molar-refractivity contribution in [3.05, 3.63) is 59.7 Å². The molecule has 0 saturated heterocycles. The Morgan fingerprint density at radius 1 is 1.14 bits per heavy atom. The highest BCUT2D eigenvalue weighted by atomic mass is 32.2. The summed E-state index contributed by atoms with van der Waals surface area (Å²) in [6.07, 6.45) is 3.81. The highest BCUT2D eigenvalue weighted by Gasteiger charge is 2.47. The largest absolute Gasteiger partial charge is 0.291 e. The third kappa shape index (κ3) is 3.70. The molecule has 0 radical (unpaired) electrons. The maximum atomic E-state index is 13.5. The van der Waals surface area contributed by atoms with Crippen LogP contribution >= 0.6 is 0 Å². The summed E-state index contributed by atoms with van der Waals surface area (Å²) in [5.74, 6) is 0.287. The van der Waals surface area contributed by atoms with Gasteiger partial charge >= 0.3 is 0 Å². The summed E-state index contributed by atoms with van der Waals surface area (Å²) in [6.45, 7) is 6.49. The van der Waals surface area contributed by atoms with Crippen molar-refractivity contribution in [2.24, 2.45) is 11.3 Å². The van der Waals surface area contributed by atoms with Crippen LogP contribution in [-0.2, 0) is 9.84 Å². The first-order valence-electron chi connectivity index (χ1n) is 10.2. The molecule has 4 nitrogen and oxygen atoms in total. The first-order valence-corrected chi connectivity index (χ1v) is 11.9. The molecule has 0 saturated carbocycles. The molecule has 5 heteroatoms. The fourth-order valence-corrected chi connectivity index (χ4v) is 7.26. The monoisotopic (exact) mass is 401 g/mol. The van der Waals surface area contributed by atoms with Crippen LogP contribution in [0.4, 0.5) is 5.69 Å². The molecule has 28 heavy (non-hydrogen) atoms. The van der Waals surface area contributed by atoms with E-state index < -0.39 is 9.84 Å². The molecule has 0 bridgehead atoms. The Morgan fingerprint density at radius 2 is 1.86 bits per heavy atom. The Kier molecular flexibility index (Phi) is 6.15. The highest BCUT2D eigenvalue weighted by molar-refractivity contribution is 7.91. The van der Waals surface area contributed by atoms with Crippen LogP contribution < -0.4 is 5.48 Å². The van der Waals surface area contributed by atoms with Gasteiger partial charge in [0.15, 0.2) is 9.84 Å². The maximum Gasteiger partial charge on any atom is 0.179 e. The van der Waals surface area contributed by atoms with Crippen molar-refractivity contribution in [2.75, 3.05) is 11.2 Å². The average molecular weight is 402 g/mol.